The fourth-order valence-corrected chi connectivity index (χ4v) is 2.26. The Hall–Kier alpha value is -1.23. The average molecular weight is 244 g/mol. The van der Waals surface area contributed by atoms with Crippen LogP contribution in [0.1, 0.15) is 6.42 Å². The summed E-state index contributed by atoms with van der Waals surface area (Å²) in [6, 6.07) is 1.54. The summed E-state index contributed by atoms with van der Waals surface area (Å²) < 4.78 is 39.4. The fourth-order valence-electron chi connectivity index (χ4n) is 2.26. The third-order valence-corrected chi connectivity index (χ3v) is 3.11. The molecule has 1 aromatic rings. The molecule has 1 saturated heterocycles. The van der Waals surface area contributed by atoms with Crippen molar-refractivity contribution in [3.05, 3.63) is 29.6 Å². The highest BCUT2D eigenvalue weighted by Crippen LogP contribution is 2.27. The maximum absolute atomic E-state index is 13.5. The second-order valence-corrected chi connectivity index (χ2v) is 4.38. The van der Waals surface area contributed by atoms with E-state index >= 15 is 0 Å². The molecule has 0 amide bonds. The Morgan fingerprint density at radius 2 is 1.94 bits per heavy atom. The van der Waals surface area contributed by atoms with Crippen LogP contribution < -0.4 is 10.2 Å². The number of hydrogen-bond acceptors (Lipinski definition) is 2. The number of hydrogen-bond donors (Lipinski definition) is 1. The number of nitrogens with one attached hydrogen (secondary N) is 1. The number of rotatable bonds is 3. The lowest BCUT2D eigenvalue weighted by molar-refractivity contribution is 0.494. The van der Waals surface area contributed by atoms with Crippen LogP contribution in [0.3, 0.4) is 0 Å². The molecule has 1 unspecified atom stereocenters. The Labute approximate surface area is 98.4 Å². The predicted octanol–water partition coefficient (Wildman–Crippen LogP) is 2.15. The molecule has 2 nitrogen and oxygen atoms in total. The second-order valence-electron chi connectivity index (χ2n) is 4.38. The molecular weight excluding hydrogens is 229 g/mol. The van der Waals surface area contributed by atoms with Gasteiger partial charge in [-0.05, 0) is 25.9 Å². The second kappa shape index (κ2) is 4.96. The van der Waals surface area contributed by atoms with Gasteiger partial charge in [-0.15, -0.1) is 0 Å². The van der Waals surface area contributed by atoms with Crippen LogP contribution in [0, 0.1) is 23.4 Å². The Morgan fingerprint density at radius 1 is 1.24 bits per heavy atom. The van der Waals surface area contributed by atoms with Crippen LogP contribution in [0.2, 0.25) is 0 Å². The lowest BCUT2D eigenvalue weighted by atomic mass is 10.1. The lowest BCUT2D eigenvalue weighted by Crippen LogP contribution is -2.25. The van der Waals surface area contributed by atoms with Crippen LogP contribution in [-0.4, -0.2) is 26.7 Å². The predicted molar refractivity (Wildman–Crippen MR) is 60.6 cm³/mol. The summed E-state index contributed by atoms with van der Waals surface area (Å²) in [6.45, 7) is 2.19. The van der Waals surface area contributed by atoms with Gasteiger partial charge in [-0.1, -0.05) is 0 Å². The maximum Gasteiger partial charge on any atom is 0.161 e. The minimum absolute atomic E-state index is 0.155. The monoisotopic (exact) mass is 244 g/mol. The van der Waals surface area contributed by atoms with Crippen molar-refractivity contribution in [2.75, 3.05) is 31.6 Å². The van der Waals surface area contributed by atoms with Crippen LogP contribution in [0.5, 0.6) is 0 Å². The molecule has 0 saturated carbocycles. The molecule has 1 atom stereocenters. The van der Waals surface area contributed by atoms with Gasteiger partial charge in [0.15, 0.2) is 11.6 Å². The standard InChI is InChI=1S/C12H15F3N2/c1-16-6-8-2-3-17(7-8)12-5-10(14)9(13)4-11(12)15/h4-5,8,16H,2-3,6-7H2,1H3. The SMILES string of the molecule is CNCC1CCN(c2cc(F)c(F)cc2F)C1. The minimum atomic E-state index is -1.14. The number of anilines is 1. The van der Waals surface area contributed by atoms with Crippen molar-refractivity contribution in [3.8, 4) is 0 Å². The molecule has 1 aliphatic heterocycles. The van der Waals surface area contributed by atoms with E-state index in [1.165, 1.54) is 0 Å². The van der Waals surface area contributed by atoms with Gasteiger partial charge < -0.3 is 10.2 Å². The molecule has 0 aromatic heterocycles. The van der Waals surface area contributed by atoms with Crippen molar-refractivity contribution in [1.82, 2.24) is 5.32 Å². The highest BCUT2D eigenvalue weighted by atomic mass is 19.2. The van der Waals surface area contributed by atoms with E-state index in [1.54, 1.807) is 4.90 Å². The molecule has 1 aromatic carbocycles. The number of halogens is 3. The molecule has 0 bridgehead atoms. The third-order valence-electron chi connectivity index (χ3n) is 3.11. The topological polar surface area (TPSA) is 15.3 Å². The molecule has 2 rings (SSSR count). The molecule has 1 fully saturated rings. The number of nitrogens with zero attached hydrogens (tertiary/aromatic N) is 1. The summed E-state index contributed by atoms with van der Waals surface area (Å²) in [5.74, 6) is -2.42. The molecule has 5 heteroatoms. The normalized spacial score (nSPS) is 20.0. The van der Waals surface area contributed by atoms with Crippen LogP contribution in [-0.2, 0) is 0 Å². The Bertz CT molecular complexity index is 409. The van der Waals surface area contributed by atoms with Crippen molar-refractivity contribution in [1.29, 1.82) is 0 Å². The van der Waals surface area contributed by atoms with E-state index in [4.69, 9.17) is 0 Å². The van der Waals surface area contributed by atoms with Crippen molar-refractivity contribution >= 4 is 5.69 Å². The van der Waals surface area contributed by atoms with Gasteiger partial charge in [-0.2, -0.15) is 0 Å². The van der Waals surface area contributed by atoms with E-state index in [-0.39, 0.29) is 5.69 Å². The van der Waals surface area contributed by atoms with Gasteiger partial charge in [-0.25, -0.2) is 13.2 Å². The summed E-state index contributed by atoms with van der Waals surface area (Å²) in [5.41, 5.74) is 0.155. The van der Waals surface area contributed by atoms with Crippen molar-refractivity contribution in [2.24, 2.45) is 5.92 Å². The quantitative estimate of drug-likeness (QED) is 0.820. The molecule has 17 heavy (non-hydrogen) atoms. The van der Waals surface area contributed by atoms with Crippen LogP contribution in [0.25, 0.3) is 0 Å². The fraction of sp³-hybridized carbons (Fsp3) is 0.500. The molecule has 0 spiro atoms. The van der Waals surface area contributed by atoms with Gasteiger partial charge >= 0.3 is 0 Å². The zero-order valence-corrected chi connectivity index (χ0v) is 9.64. The first kappa shape index (κ1) is 12.2. The van der Waals surface area contributed by atoms with Gasteiger partial charge in [0.05, 0.1) is 5.69 Å². The van der Waals surface area contributed by atoms with E-state index in [9.17, 15) is 13.2 Å². The molecule has 94 valence electrons. The minimum Gasteiger partial charge on any atom is -0.369 e. The first-order chi connectivity index (χ1) is 8.11. The van der Waals surface area contributed by atoms with E-state index in [2.05, 4.69) is 5.32 Å². The largest absolute Gasteiger partial charge is 0.369 e. The van der Waals surface area contributed by atoms with Crippen LogP contribution in [0.15, 0.2) is 12.1 Å². The summed E-state index contributed by atoms with van der Waals surface area (Å²) >= 11 is 0. The van der Waals surface area contributed by atoms with E-state index in [0.29, 0.717) is 25.1 Å². The van der Waals surface area contributed by atoms with Gasteiger partial charge in [-0.3, -0.25) is 0 Å². The zero-order valence-electron chi connectivity index (χ0n) is 9.64. The average Bonchev–Trinajstić information content (AvgIpc) is 2.72. The Kier molecular flexibility index (Phi) is 3.57. The smallest absolute Gasteiger partial charge is 0.161 e. The summed E-state index contributed by atoms with van der Waals surface area (Å²) in [6.07, 6.45) is 0.930. The van der Waals surface area contributed by atoms with E-state index in [1.807, 2.05) is 7.05 Å². The van der Waals surface area contributed by atoms with Crippen LogP contribution in [0.4, 0.5) is 18.9 Å². The molecule has 0 aliphatic carbocycles. The summed E-state index contributed by atoms with van der Waals surface area (Å²) in [4.78, 5) is 1.76. The van der Waals surface area contributed by atoms with Gasteiger partial charge in [0.1, 0.15) is 5.82 Å². The zero-order chi connectivity index (χ0) is 12.4. The van der Waals surface area contributed by atoms with Gasteiger partial charge in [0.2, 0.25) is 0 Å². The van der Waals surface area contributed by atoms with Crippen molar-refractivity contribution in [2.45, 2.75) is 6.42 Å². The number of benzene rings is 1. The molecule has 1 heterocycles. The molecule has 1 N–H and O–H groups in total. The maximum atomic E-state index is 13.5. The first-order valence-electron chi connectivity index (χ1n) is 5.66. The van der Waals surface area contributed by atoms with E-state index in [0.717, 1.165) is 19.0 Å². The lowest BCUT2D eigenvalue weighted by Gasteiger charge is -2.19. The van der Waals surface area contributed by atoms with E-state index < -0.39 is 17.5 Å². The molecule has 1 aliphatic rings. The van der Waals surface area contributed by atoms with Gasteiger partial charge in [0, 0.05) is 25.2 Å². The van der Waals surface area contributed by atoms with Crippen molar-refractivity contribution in [3.63, 3.8) is 0 Å². The Morgan fingerprint density at radius 3 is 2.65 bits per heavy atom. The molecule has 0 radical (unpaired) electrons. The van der Waals surface area contributed by atoms with Crippen LogP contribution >= 0.6 is 0 Å². The first-order valence-corrected chi connectivity index (χ1v) is 5.66. The molecular formula is C12H15F3N2. The highest BCUT2D eigenvalue weighted by molar-refractivity contribution is 5.49. The highest BCUT2D eigenvalue weighted by Gasteiger charge is 2.25. The summed E-state index contributed by atoms with van der Waals surface area (Å²) in [7, 11) is 1.86. The van der Waals surface area contributed by atoms with Gasteiger partial charge in [0.25, 0.3) is 0 Å². The van der Waals surface area contributed by atoms with Crippen molar-refractivity contribution < 1.29 is 13.2 Å². The summed E-state index contributed by atoms with van der Waals surface area (Å²) in [5, 5.41) is 3.06. The Balaban J connectivity index is 2.16. The third kappa shape index (κ3) is 2.54.